The zero-order valence-corrected chi connectivity index (χ0v) is 5.79. The molecule has 0 rings (SSSR count). The molecule has 0 radical (unpaired) electrons. The van der Waals surface area contributed by atoms with E-state index >= 15 is 0 Å². The monoisotopic (exact) mass is 121 g/mol. The van der Waals surface area contributed by atoms with Gasteiger partial charge < -0.3 is 4.90 Å². The van der Waals surface area contributed by atoms with Gasteiger partial charge in [-0.2, -0.15) is 4.21 Å². The highest BCUT2D eigenvalue weighted by Crippen LogP contribution is 1.63. The van der Waals surface area contributed by atoms with Gasteiger partial charge in [0, 0.05) is 0 Å². The maximum Gasteiger partial charge on any atom is 0.197 e. The Kier molecular flexibility index (Phi) is 13.5. The normalized spacial score (nSPS) is 7.43. The fourth-order valence-electron chi connectivity index (χ4n) is 0. The fourth-order valence-corrected chi connectivity index (χ4v) is 0. The number of nitrogens with zero attached hydrogens (tertiary/aromatic N) is 1. The van der Waals surface area contributed by atoms with E-state index in [4.69, 9.17) is 4.21 Å². The lowest BCUT2D eigenvalue weighted by Gasteiger charge is -2.00. The average Bonchev–Trinajstić information content (AvgIpc) is 1.73. The molecule has 0 aromatic heterocycles. The average molecular weight is 121 g/mol. The predicted octanol–water partition coefficient (Wildman–Crippen LogP) is 0.232. The zero-order valence-electron chi connectivity index (χ0n) is 4.97. The lowest BCUT2D eigenvalue weighted by molar-refractivity contribution is 0.434. The molecule has 0 aromatic rings. The first kappa shape index (κ1) is 10.1. The van der Waals surface area contributed by atoms with E-state index in [0.29, 0.717) is 0 Å². The molecule has 0 aliphatic rings. The second-order valence-electron chi connectivity index (χ2n) is 1.40. The van der Waals surface area contributed by atoms with Gasteiger partial charge in [-0.25, -0.2) is 0 Å². The van der Waals surface area contributed by atoms with Crippen LogP contribution in [0.4, 0.5) is 0 Å². The van der Waals surface area contributed by atoms with Gasteiger partial charge in [-0.15, -0.1) is 0 Å². The predicted molar refractivity (Wildman–Crippen MR) is 32.4 cm³/mol. The maximum atomic E-state index is 7.83. The Bertz CT molecular complexity index is 32.9. The van der Waals surface area contributed by atoms with Gasteiger partial charge in [-0.1, -0.05) is 6.92 Å². The fraction of sp³-hybridized carbons (Fsp3) is 1.00. The quantitative estimate of drug-likeness (QED) is 0.495. The summed E-state index contributed by atoms with van der Waals surface area (Å²) in [6, 6.07) is 0. The Hall–Kier alpha value is -0.0200. The smallest absolute Gasteiger partial charge is 0.197 e. The van der Waals surface area contributed by atoms with E-state index in [-0.39, 0.29) is 0 Å². The van der Waals surface area contributed by atoms with Crippen molar-refractivity contribution in [3.8, 4) is 0 Å². The molecule has 0 saturated heterocycles. The summed E-state index contributed by atoms with van der Waals surface area (Å²) in [5.41, 5.74) is 0. The summed E-state index contributed by atoms with van der Waals surface area (Å²) in [6.45, 7) is 3.26. The van der Waals surface area contributed by atoms with Gasteiger partial charge in [0.15, 0.2) is 12.5 Å². The highest BCUT2D eigenvalue weighted by atomic mass is 32.1. The number of hydrogen-bond donors (Lipinski definition) is 0. The molecule has 0 saturated carbocycles. The molecule has 0 N–H and O–H groups in total. The van der Waals surface area contributed by atoms with Gasteiger partial charge in [0.25, 0.3) is 0 Å². The molecule has 0 heterocycles. The van der Waals surface area contributed by atoms with Crippen LogP contribution in [0.3, 0.4) is 0 Å². The van der Waals surface area contributed by atoms with Crippen molar-refractivity contribution in [3.63, 3.8) is 0 Å². The highest BCUT2D eigenvalue weighted by Gasteiger charge is 1.72. The van der Waals surface area contributed by atoms with Crippen LogP contribution in [0, 0.1) is 0 Å². The molecule has 7 heavy (non-hydrogen) atoms. The van der Waals surface area contributed by atoms with E-state index in [2.05, 4.69) is 38.5 Å². The summed E-state index contributed by atoms with van der Waals surface area (Å²) in [6.07, 6.45) is 0. The Morgan fingerprint density at radius 3 is 1.57 bits per heavy atom. The molecule has 0 amide bonds. The topological polar surface area (TPSA) is 20.3 Å². The minimum absolute atomic E-state index is 1.14. The molecule has 2 nitrogen and oxygen atoms in total. The highest BCUT2D eigenvalue weighted by molar-refractivity contribution is 7.44. The van der Waals surface area contributed by atoms with E-state index in [1.807, 2.05) is 0 Å². The van der Waals surface area contributed by atoms with Crippen LogP contribution in [0.2, 0.25) is 0 Å². The third-order valence-corrected chi connectivity index (χ3v) is 0.632. The molecule has 0 unspecified atom stereocenters. The molecule has 0 aliphatic carbocycles. The first-order chi connectivity index (χ1) is 3.27. The molecular weight excluding hydrogens is 110 g/mol. The first-order valence-electron chi connectivity index (χ1n) is 2.08. The molecule has 0 fully saturated rings. The number of rotatable bonds is 1. The van der Waals surface area contributed by atoms with Crippen LogP contribution in [0.1, 0.15) is 6.92 Å². The van der Waals surface area contributed by atoms with Gasteiger partial charge in [0.05, 0.1) is 0 Å². The first-order valence-corrected chi connectivity index (χ1v) is 2.42. The van der Waals surface area contributed by atoms with Crippen molar-refractivity contribution in [1.29, 1.82) is 0 Å². The van der Waals surface area contributed by atoms with Gasteiger partial charge in [0.1, 0.15) is 0 Å². The summed E-state index contributed by atoms with van der Waals surface area (Å²) in [5.74, 6) is 0. The molecule has 44 valence electrons. The van der Waals surface area contributed by atoms with E-state index in [9.17, 15) is 0 Å². The van der Waals surface area contributed by atoms with Crippen molar-refractivity contribution in [1.82, 2.24) is 4.90 Å². The molecule has 0 atom stereocenters. The van der Waals surface area contributed by atoms with Gasteiger partial charge in [0.2, 0.25) is 0 Å². The molecule has 3 heteroatoms. The Balaban J connectivity index is 0. The van der Waals surface area contributed by atoms with Gasteiger partial charge >= 0.3 is 0 Å². The van der Waals surface area contributed by atoms with Gasteiger partial charge in [-0.3, -0.25) is 0 Å². The van der Waals surface area contributed by atoms with E-state index in [1.54, 1.807) is 0 Å². The third-order valence-electron chi connectivity index (χ3n) is 0.632. The Morgan fingerprint density at radius 1 is 1.43 bits per heavy atom. The van der Waals surface area contributed by atoms with E-state index < -0.39 is 0 Å². The van der Waals surface area contributed by atoms with Crippen LogP contribution < -0.4 is 0 Å². The van der Waals surface area contributed by atoms with E-state index in [0.717, 1.165) is 6.54 Å². The second-order valence-corrected chi connectivity index (χ2v) is 1.40. The molecule has 0 aliphatic heterocycles. The molecular formula is C4H11NOS. The summed E-state index contributed by atoms with van der Waals surface area (Å²) in [4.78, 5) is 2.12. The largest absolute Gasteiger partial charge is 0.310 e. The Morgan fingerprint density at radius 2 is 1.57 bits per heavy atom. The van der Waals surface area contributed by atoms with E-state index in [1.165, 1.54) is 0 Å². The van der Waals surface area contributed by atoms with Crippen molar-refractivity contribution >= 4 is 12.5 Å². The van der Waals surface area contributed by atoms with Crippen molar-refractivity contribution in [2.45, 2.75) is 6.92 Å². The van der Waals surface area contributed by atoms with Crippen LogP contribution in [0.5, 0.6) is 0 Å². The standard InChI is InChI=1S/C4H11N.OS/c1-4-5(2)3;1-2/h4H2,1-3H3;. The molecule has 0 spiro atoms. The van der Waals surface area contributed by atoms with Crippen molar-refractivity contribution in [2.75, 3.05) is 20.6 Å². The minimum Gasteiger partial charge on any atom is -0.310 e. The lowest BCUT2D eigenvalue weighted by atomic mass is 10.7. The SMILES string of the molecule is CCN(C)C.O=S. The summed E-state index contributed by atoms with van der Waals surface area (Å²) in [5, 5.41) is 0. The van der Waals surface area contributed by atoms with Crippen LogP contribution in [-0.4, -0.2) is 29.7 Å². The van der Waals surface area contributed by atoms with Gasteiger partial charge in [-0.05, 0) is 20.6 Å². The van der Waals surface area contributed by atoms with Crippen molar-refractivity contribution in [3.05, 3.63) is 0 Å². The minimum atomic E-state index is 1.14. The summed E-state index contributed by atoms with van der Waals surface area (Å²) < 4.78 is 7.83. The van der Waals surface area contributed by atoms with Crippen molar-refractivity contribution in [2.24, 2.45) is 0 Å². The zero-order chi connectivity index (χ0) is 6.28. The summed E-state index contributed by atoms with van der Waals surface area (Å²) >= 11 is 2.83. The Labute approximate surface area is 50.0 Å². The lowest BCUT2D eigenvalue weighted by Crippen LogP contribution is -2.08. The third kappa shape index (κ3) is 24.2. The van der Waals surface area contributed by atoms with Crippen molar-refractivity contribution < 1.29 is 4.21 Å². The maximum absolute atomic E-state index is 7.83. The van der Waals surface area contributed by atoms with Crippen LogP contribution in [0.25, 0.3) is 0 Å². The van der Waals surface area contributed by atoms with Crippen LogP contribution in [-0.2, 0) is 12.5 Å². The van der Waals surface area contributed by atoms with Crippen LogP contribution >= 0.6 is 0 Å². The molecule has 0 aromatic carbocycles. The number of hydrogen-bond acceptors (Lipinski definition) is 3. The molecule has 0 bridgehead atoms. The second kappa shape index (κ2) is 9.36. The van der Waals surface area contributed by atoms with Crippen LogP contribution in [0.15, 0.2) is 0 Å². The summed E-state index contributed by atoms with van der Waals surface area (Å²) in [7, 11) is 4.11.